The Balaban J connectivity index is 1.55. The van der Waals surface area contributed by atoms with Crippen LogP contribution in [-0.2, 0) is 21.4 Å². The lowest BCUT2D eigenvalue weighted by molar-refractivity contribution is -0.126. The van der Waals surface area contributed by atoms with Crippen LogP contribution in [-0.4, -0.2) is 31.7 Å². The van der Waals surface area contributed by atoms with Crippen LogP contribution in [0.25, 0.3) is 0 Å². The number of piperidine rings is 1. The van der Waals surface area contributed by atoms with Gasteiger partial charge in [0.05, 0.1) is 4.90 Å². The highest BCUT2D eigenvalue weighted by molar-refractivity contribution is 9.10. The van der Waals surface area contributed by atoms with Crippen molar-refractivity contribution in [3.8, 4) is 0 Å². The van der Waals surface area contributed by atoms with Crippen molar-refractivity contribution in [3.05, 3.63) is 63.6 Å². The summed E-state index contributed by atoms with van der Waals surface area (Å²) < 4.78 is 27.6. The second-order valence-electron chi connectivity index (χ2n) is 6.44. The minimum atomic E-state index is -3.50. The van der Waals surface area contributed by atoms with Crippen LogP contribution in [0.2, 0.25) is 5.02 Å². The number of amides is 1. The molecular weight excluding hydrogens is 452 g/mol. The second kappa shape index (κ2) is 8.73. The van der Waals surface area contributed by atoms with Crippen molar-refractivity contribution < 1.29 is 13.2 Å². The molecule has 5 nitrogen and oxygen atoms in total. The average molecular weight is 472 g/mol. The molecule has 1 amide bonds. The Morgan fingerprint density at radius 2 is 1.81 bits per heavy atom. The number of halogens is 2. The zero-order chi connectivity index (χ0) is 19.4. The Kier molecular flexibility index (Phi) is 6.57. The smallest absolute Gasteiger partial charge is 0.243 e. The van der Waals surface area contributed by atoms with Gasteiger partial charge in [-0.2, -0.15) is 4.31 Å². The molecule has 8 heteroatoms. The minimum Gasteiger partial charge on any atom is -0.352 e. The van der Waals surface area contributed by atoms with Crippen molar-refractivity contribution in [2.24, 2.45) is 5.92 Å². The third-order valence-electron chi connectivity index (χ3n) is 4.67. The Labute approximate surface area is 172 Å². The van der Waals surface area contributed by atoms with E-state index in [-0.39, 0.29) is 16.7 Å². The molecule has 0 unspecified atom stereocenters. The van der Waals surface area contributed by atoms with E-state index in [9.17, 15) is 13.2 Å². The number of rotatable bonds is 5. The van der Waals surface area contributed by atoms with Gasteiger partial charge in [-0.15, -0.1) is 0 Å². The fourth-order valence-electron chi connectivity index (χ4n) is 3.09. The van der Waals surface area contributed by atoms with Gasteiger partial charge in [-0.1, -0.05) is 51.8 Å². The molecule has 0 atom stereocenters. The number of hydrogen-bond acceptors (Lipinski definition) is 3. The number of hydrogen-bond donors (Lipinski definition) is 1. The van der Waals surface area contributed by atoms with Crippen molar-refractivity contribution in [2.75, 3.05) is 13.1 Å². The molecular formula is C19H20BrClN2O3S. The molecule has 1 N–H and O–H groups in total. The SMILES string of the molecule is O=C(NCc1ccc(Br)cc1Cl)C1CCN(S(=O)(=O)c2ccccc2)CC1. The summed E-state index contributed by atoms with van der Waals surface area (Å²) in [5.41, 5.74) is 0.845. The summed E-state index contributed by atoms with van der Waals surface area (Å²) in [6.45, 7) is 1.04. The van der Waals surface area contributed by atoms with Gasteiger partial charge < -0.3 is 5.32 Å². The van der Waals surface area contributed by atoms with E-state index in [4.69, 9.17) is 11.6 Å². The van der Waals surface area contributed by atoms with Crippen LogP contribution in [0.4, 0.5) is 0 Å². The first kappa shape index (κ1) is 20.3. The number of carbonyl (C=O) groups is 1. The molecule has 27 heavy (non-hydrogen) atoms. The van der Waals surface area contributed by atoms with Crippen LogP contribution in [0, 0.1) is 5.92 Å². The minimum absolute atomic E-state index is 0.0641. The summed E-state index contributed by atoms with van der Waals surface area (Å²) in [7, 11) is -3.50. The van der Waals surface area contributed by atoms with Crippen molar-refractivity contribution >= 4 is 43.5 Å². The average Bonchev–Trinajstić information content (AvgIpc) is 2.68. The molecule has 1 saturated heterocycles. The summed E-state index contributed by atoms with van der Waals surface area (Å²) >= 11 is 9.52. The Bertz CT molecular complexity index is 914. The molecule has 0 aromatic heterocycles. The third kappa shape index (κ3) is 4.90. The van der Waals surface area contributed by atoms with Gasteiger partial charge in [0.15, 0.2) is 0 Å². The highest BCUT2D eigenvalue weighted by Crippen LogP contribution is 2.25. The van der Waals surface area contributed by atoms with E-state index in [0.29, 0.717) is 37.5 Å². The van der Waals surface area contributed by atoms with Gasteiger partial charge in [0.1, 0.15) is 0 Å². The summed E-state index contributed by atoms with van der Waals surface area (Å²) in [5, 5.41) is 3.50. The van der Waals surface area contributed by atoms with Gasteiger partial charge in [-0.25, -0.2) is 8.42 Å². The van der Waals surface area contributed by atoms with E-state index >= 15 is 0 Å². The second-order valence-corrected chi connectivity index (χ2v) is 9.71. The first-order valence-electron chi connectivity index (χ1n) is 8.65. The maximum atomic E-state index is 12.6. The quantitative estimate of drug-likeness (QED) is 0.721. The Hall–Kier alpha value is -1.41. The first-order valence-corrected chi connectivity index (χ1v) is 11.3. The number of carbonyl (C=O) groups excluding carboxylic acids is 1. The van der Waals surface area contributed by atoms with Gasteiger partial charge in [-0.05, 0) is 42.7 Å². The van der Waals surface area contributed by atoms with Crippen LogP contribution in [0.3, 0.4) is 0 Å². The molecule has 0 bridgehead atoms. The lowest BCUT2D eigenvalue weighted by Gasteiger charge is -2.30. The molecule has 0 spiro atoms. The molecule has 2 aromatic rings. The predicted molar refractivity (Wildman–Crippen MR) is 109 cm³/mol. The summed E-state index contributed by atoms with van der Waals surface area (Å²) in [5.74, 6) is -0.257. The Morgan fingerprint density at radius 3 is 2.44 bits per heavy atom. The third-order valence-corrected chi connectivity index (χ3v) is 7.43. The van der Waals surface area contributed by atoms with Crippen LogP contribution in [0.15, 0.2) is 57.9 Å². The highest BCUT2D eigenvalue weighted by Gasteiger charge is 2.31. The van der Waals surface area contributed by atoms with Crippen molar-refractivity contribution in [1.82, 2.24) is 9.62 Å². The van der Waals surface area contributed by atoms with E-state index < -0.39 is 10.0 Å². The lowest BCUT2D eigenvalue weighted by atomic mass is 9.97. The van der Waals surface area contributed by atoms with Gasteiger partial charge >= 0.3 is 0 Å². The van der Waals surface area contributed by atoms with E-state index in [1.807, 2.05) is 12.1 Å². The molecule has 1 aliphatic rings. The maximum absolute atomic E-state index is 12.6. The van der Waals surface area contributed by atoms with Crippen LogP contribution < -0.4 is 5.32 Å². The number of sulfonamides is 1. The van der Waals surface area contributed by atoms with Crippen LogP contribution >= 0.6 is 27.5 Å². The fraction of sp³-hybridized carbons (Fsp3) is 0.316. The molecule has 3 rings (SSSR count). The first-order chi connectivity index (χ1) is 12.9. The standard InChI is InChI=1S/C19H20BrClN2O3S/c20-16-7-6-15(18(21)12-16)13-22-19(24)14-8-10-23(11-9-14)27(25,26)17-4-2-1-3-5-17/h1-7,12,14H,8-11,13H2,(H,22,24). The largest absolute Gasteiger partial charge is 0.352 e. The van der Waals surface area contributed by atoms with E-state index in [0.717, 1.165) is 10.0 Å². The van der Waals surface area contributed by atoms with Crippen molar-refractivity contribution in [1.29, 1.82) is 0 Å². The summed E-state index contributed by atoms with van der Waals surface area (Å²) in [6.07, 6.45) is 1.01. The topological polar surface area (TPSA) is 66.5 Å². The van der Waals surface area contributed by atoms with E-state index in [2.05, 4.69) is 21.2 Å². The monoisotopic (exact) mass is 470 g/mol. The number of benzene rings is 2. The van der Waals surface area contributed by atoms with E-state index in [1.165, 1.54) is 4.31 Å². The predicted octanol–water partition coefficient (Wildman–Crippen LogP) is 3.82. The molecule has 0 aliphatic carbocycles. The van der Waals surface area contributed by atoms with Crippen LogP contribution in [0.1, 0.15) is 18.4 Å². The van der Waals surface area contributed by atoms with Gasteiger partial charge in [-0.3, -0.25) is 4.79 Å². The molecule has 144 valence electrons. The fourth-order valence-corrected chi connectivity index (χ4v) is 5.32. The molecule has 0 radical (unpaired) electrons. The number of nitrogens with one attached hydrogen (secondary N) is 1. The zero-order valence-corrected chi connectivity index (χ0v) is 17.7. The number of nitrogens with zero attached hydrogens (tertiary/aromatic N) is 1. The van der Waals surface area contributed by atoms with Crippen molar-refractivity contribution in [2.45, 2.75) is 24.3 Å². The van der Waals surface area contributed by atoms with Gasteiger partial charge in [0.2, 0.25) is 15.9 Å². The van der Waals surface area contributed by atoms with Crippen LogP contribution in [0.5, 0.6) is 0 Å². The normalized spacial score (nSPS) is 16.2. The van der Waals surface area contributed by atoms with Gasteiger partial charge in [0.25, 0.3) is 0 Å². The molecule has 2 aromatic carbocycles. The molecule has 0 saturated carbocycles. The van der Waals surface area contributed by atoms with Crippen molar-refractivity contribution in [3.63, 3.8) is 0 Å². The summed E-state index contributed by atoms with van der Waals surface area (Å²) in [4.78, 5) is 12.7. The van der Waals surface area contributed by atoms with Gasteiger partial charge in [0, 0.05) is 35.0 Å². The van der Waals surface area contributed by atoms with E-state index in [1.54, 1.807) is 36.4 Å². The highest BCUT2D eigenvalue weighted by atomic mass is 79.9. The molecule has 1 aliphatic heterocycles. The molecule has 1 fully saturated rings. The zero-order valence-electron chi connectivity index (χ0n) is 14.6. The molecule has 1 heterocycles. The summed E-state index contributed by atoms with van der Waals surface area (Å²) in [6, 6.07) is 13.9. The Morgan fingerprint density at radius 1 is 1.15 bits per heavy atom. The lowest BCUT2D eigenvalue weighted by Crippen LogP contribution is -2.42. The maximum Gasteiger partial charge on any atom is 0.243 e.